The first-order valence-electron chi connectivity index (χ1n) is 5.84. The van der Waals surface area contributed by atoms with Crippen molar-refractivity contribution in [2.24, 2.45) is 0 Å². The first kappa shape index (κ1) is 14.0. The number of benzene rings is 1. The Kier molecular flexibility index (Phi) is 5.41. The lowest BCUT2D eigenvalue weighted by Crippen LogP contribution is -2.35. The topological polar surface area (TPSA) is 63.9 Å². The van der Waals surface area contributed by atoms with Gasteiger partial charge in [-0.15, -0.1) is 0 Å². The third kappa shape index (κ3) is 5.17. The van der Waals surface area contributed by atoms with Crippen LogP contribution in [0.5, 0.6) is 5.75 Å². The molecule has 0 fully saturated rings. The summed E-state index contributed by atoms with van der Waals surface area (Å²) < 4.78 is 0. The van der Waals surface area contributed by atoms with E-state index in [0.29, 0.717) is 19.6 Å². The van der Waals surface area contributed by atoms with Crippen molar-refractivity contribution in [2.75, 3.05) is 13.1 Å². The van der Waals surface area contributed by atoms with Gasteiger partial charge in [0.1, 0.15) is 5.75 Å². The number of phenols is 1. The number of hydrogen-bond donors (Lipinski definition) is 3. The van der Waals surface area contributed by atoms with Crippen molar-refractivity contribution in [3.05, 3.63) is 29.8 Å². The van der Waals surface area contributed by atoms with E-state index in [0.717, 1.165) is 5.56 Å². The monoisotopic (exact) mass is 239 g/mol. The molecule has 0 spiro atoms. The molecule has 4 nitrogen and oxygen atoms in total. The summed E-state index contributed by atoms with van der Waals surface area (Å²) in [5.41, 5.74) is 0.800. The van der Waals surface area contributed by atoms with Crippen molar-refractivity contribution in [3.8, 4) is 5.75 Å². The third-order valence-electron chi connectivity index (χ3n) is 2.43. The number of hydrogen-bond acceptors (Lipinski definition) is 4. The second-order valence-corrected chi connectivity index (χ2v) is 4.52. The Morgan fingerprint density at radius 3 is 2.06 bits per heavy atom. The molecule has 96 valence electrons. The predicted molar refractivity (Wildman–Crippen MR) is 66.7 cm³/mol. The lowest BCUT2D eigenvalue weighted by molar-refractivity contribution is 0.0789. The molecule has 0 saturated carbocycles. The number of nitrogens with zero attached hydrogens (tertiary/aromatic N) is 1. The van der Waals surface area contributed by atoms with Crippen LogP contribution in [0.1, 0.15) is 19.4 Å². The van der Waals surface area contributed by atoms with Crippen LogP contribution in [0.2, 0.25) is 0 Å². The number of rotatable bonds is 6. The molecule has 4 heteroatoms. The SMILES string of the molecule is CC(O)CN(Cc1ccccc1O)CC(C)O. The Bertz CT molecular complexity index is 329. The van der Waals surface area contributed by atoms with Crippen molar-refractivity contribution in [2.45, 2.75) is 32.6 Å². The highest BCUT2D eigenvalue weighted by Crippen LogP contribution is 2.18. The minimum Gasteiger partial charge on any atom is -0.508 e. The van der Waals surface area contributed by atoms with E-state index >= 15 is 0 Å². The molecule has 1 rings (SSSR count). The van der Waals surface area contributed by atoms with Crippen LogP contribution in [-0.2, 0) is 6.54 Å². The van der Waals surface area contributed by atoms with E-state index in [1.54, 1.807) is 26.0 Å². The molecule has 17 heavy (non-hydrogen) atoms. The molecule has 0 bridgehead atoms. The Morgan fingerprint density at radius 2 is 1.59 bits per heavy atom. The Balaban J connectivity index is 2.68. The van der Waals surface area contributed by atoms with Crippen LogP contribution in [0.25, 0.3) is 0 Å². The number of aliphatic hydroxyl groups is 2. The second-order valence-electron chi connectivity index (χ2n) is 4.52. The van der Waals surface area contributed by atoms with Gasteiger partial charge in [0, 0.05) is 25.2 Å². The third-order valence-corrected chi connectivity index (χ3v) is 2.43. The van der Waals surface area contributed by atoms with Crippen molar-refractivity contribution in [3.63, 3.8) is 0 Å². The van der Waals surface area contributed by atoms with Crippen molar-refractivity contribution >= 4 is 0 Å². The average molecular weight is 239 g/mol. The molecule has 0 aliphatic carbocycles. The van der Waals surface area contributed by atoms with Crippen molar-refractivity contribution in [1.82, 2.24) is 4.90 Å². The fourth-order valence-corrected chi connectivity index (χ4v) is 1.84. The van der Waals surface area contributed by atoms with E-state index in [1.165, 1.54) is 0 Å². The quantitative estimate of drug-likeness (QED) is 0.692. The number of phenolic OH excluding ortho intramolecular Hbond substituents is 1. The highest BCUT2D eigenvalue weighted by molar-refractivity contribution is 5.31. The summed E-state index contributed by atoms with van der Waals surface area (Å²) in [4.78, 5) is 1.92. The van der Waals surface area contributed by atoms with E-state index in [9.17, 15) is 15.3 Å². The van der Waals surface area contributed by atoms with Crippen LogP contribution in [0.15, 0.2) is 24.3 Å². The van der Waals surface area contributed by atoms with Gasteiger partial charge >= 0.3 is 0 Å². The van der Waals surface area contributed by atoms with Gasteiger partial charge in [0.05, 0.1) is 12.2 Å². The van der Waals surface area contributed by atoms with E-state index in [2.05, 4.69) is 0 Å². The van der Waals surface area contributed by atoms with Gasteiger partial charge in [-0.05, 0) is 19.9 Å². The molecule has 1 aromatic rings. The summed E-state index contributed by atoms with van der Waals surface area (Å²) in [6, 6.07) is 7.11. The smallest absolute Gasteiger partial charge is 0.120 e. The molecular formula is C13H21NO3. The van der Waals surface area contributed by atoms with Crippen LogP contribution in [0, 0.1) is 0 Å². The molecule has 2 atom stereocenters. The van der Waals surface area contributed by atoms with Gasteiger partial charge in [-0.2, -0.15) is 0 Å². The largest absolute Gasteiger partial charge is 0.508 e. The maximum absolute atomic E-state index is 9.68. The van der Waals surface area contributed by atoms with Gasteiger partial charge in [0.25, 0.3) is 0 Å². The van der Waals surface area contributed by atoms with E-state index in [-0.39, 0.29) is 5.75 Å². The second kappa shape index (κ2) is 6.59. The Hall–Kier alpha value is -1.10. The highest BCUT2D eigenvalue weighted by Gasteiger charge is 2.13. The number of para-hydroxylation sites is 1. The zero-order valence-electron chi connectivity index (χ0n) is 10.4. The average Bonchev–Trinajstić information content (AvgIpc) is 2.19. The molecule has 1 aromatic carbocycles. The Labute approximate surface area is 102 Å². The molecule has 0 aliphatic rings. The van der Waals surface area contributed by atoms with Crippen LogP contribution in [0.3, 0.4) is 0 Å². The van der Waals surface area contributed by atoms with Gasteiger partial charge in [-0.1, -0.05) is 18.2 Å². The lowest BCUT2D eigenvalue weighted by Gasteiger charge is -2.25. The minimum absolute atomic E-state index is 0.244. The van der Waals surface area contributed by atoms with E-state index in [4.69, 9.17) is 0 Å². The summed E-state index contributed by atoms with van der Waals surface area (Å²) in [6.45, 7) is 4.88. The number of aromatic hydroxyl groups is 1. The molecule has 0 aromatic heterocycles. The molecule has 0 amide bonds. The fraction of sp³-hybridized carbons (Fsp3) is 0.538. The fourth-order valence-electron chi connectivity index (χ4n) is 1.84. The van der Waals surface area contributed by atoms with Crippen LogP contribution < -0.4 is 0 Å². The summed E-state index contributed by atoms with van der Waals surface area (Å²) >= 11 is 0. The summed E-state index contributed by atoms with van der Waals surface area (Å²) in [5, 5.41) is 28.5. The Morgan fingerprint density at radius 1 is 1.06 bits per heavy atom. The molecule has 0 radical (unpaired) electrons. The molecular weight excluding hydrogens is 218 g/mol. The van der Waals surface area contributed by atoms with Gasteiger partial charge < -0.3 is 15.3 Å². The molecule has 0 heterocycles. The number of aliphatic hydroxyl groups excluding tert-OH is 2. The molecule has 0 aliphatic heterocycles. The predicted octanol–water partition coefficient (Wildman–Crippen LogP) is 0.956. The van der Waals surface area contributed by atoms with Gasteiger partial charge in [0.2, 0.25) is 0 Å². The van der Waals surface area contributed by atoms with E-state index in [1.807, 2.05) is 17.0 Å². The van der Waals surface area contributed by atoms with Crippen LogP contribution >= 0.6 is 0 Å². The summed E-state index contributed by atoms with van der Waals surface area (Å²) in [7, 11) is 0. The zero-order valence-corrected chi connectivity index (χ0v) is 10.4. The summed E-state index contributed by atoms with van der Waals surface area (Å²) in [5.74, 6) is 0.244. The zero-order chi connectivity index (χ0) is 12.8. The normalized spacial score (nSPS) is 14.9. The van der Waals surface area contributed by atoms with Crippen LogP contribution in [-0.4, -0.2) is 45.5 Å². The van der Waals surface area contributed by atoms with Crippen LogP contribution in [0.4, 0.5) is 0 Å². The minimum atomic E-state index is -0.459. The van der Waals surface area contributed by atoms with Gasteiger partial charge in [0.15, 0.2) is 0 Å². The first-order valence-corrected chi connectivity index (χ1v) is 5.84. The van der Waals surface area contributed by atoms with Gasteiger partial charge in [-0.3, -0.25) is 4.90 Å². The standard InChI is InChI=1S/C13H21NO3/c1-10(15)7-14(8-11(2)16)9-12-5-3-4-6-13(12)17/h3-6,10-11,15-17H,7-9H2,1-2H3. The highest BCUT2D eigenvalue weighted by atomic mass is 16.3. The molecule has 0 saturated heterocycles. The molecule has 3 N–H and O–H groups in total. The van der Waals surface area contributed by atoms with E-state index < -0.39 is 12.2 Å². The lowest BCUT2D eigenvalue weighted by atomic mass is 10.1. The van der Waals surface area contributed by atoms with Gasteiger partial charge in [-0.25, -0.2) is 0 Å². The maximum Gasteiger partial charge on any atom is 0.120 e. The summed E-state index contributed by atoms with van der Waals surface area (Å²) in [6.07, 6.45) is -0.917. The van der Waals surface area contributed by atoms with Crippen molar-refractivity contribution < 1.29 is 15.3 Å². The van der Waals surface area contributed by atoms with Crippen molar-refractivity contribution in [1.29, 1.82) is 0 Å². The first-order chi connectivity index (χ1) is 7.99. The molecule has 2 unspecified atom stereocenters. The maximum atomic E-state index is 9.68.